The normalized spacial score (nSPS) is 10.7. The number of carbonyl (C=O) groups excluding carboxylic acids is 2. The highest BCUT2D eigenvalue weighted by molar-refractivity contribution is 7.15. The number of carbonyl (C=O) groups is 2. The summed E-state index contributed by atoms with van der Waals surface area (Å²) in [5.74, 6) is -0.230. The molecule has 148 valence electrons. The third kappa shape index (κ3) is 5.01. The van der Waals surface area contributed by atoms with Crippen LogP contribution < -0.4 is 10.1 Å². The third-order valence-corrected chi connectivity index (χ3v) is 5.23. The maximum Gasteiger partial charge on any atom is 0.339 e. The molecule has 0 radical (unpaired) electrons. The minimum Gasteiger partial charge on any atom is -0.497 e. The number of nitrogens with zero attached hydrogens (tertiary/aromatic N) is 1. The Morgan fingerprint density at radius 2 is 1.97 bits per heavy atom. The van der Waals surface area contributed by atoms with Gasteiger partial charge in [0.15, 0.2) is 0 Å². The van der Waals surface area contributed by atoms with E-state index in [1.807, 2.05) is 12.1 Å². The SMILES string of the molecule is COC(=O)c1ccccc1NC(=O)C=Cc1cnc(-c2ccc(OC)cc2Cl)s1. The molecule has 1 heterocycles. The van der Waals surface area contributed by atoms with Gasteiger partial charge in [-0.15, -0.1) is 11.3 Å². The quantitative estimate of drug-likeness (QED) is 0.445. The van der Waals surface area contributed by atoms with Crippen molar-refractivity contribution < 1.29 is 19.1 Å². The van der Waals surface area contributed by atoms with Gasteiger partial charge in [0, 0.05) is 22.7 Å². The summed E-state index contributed by atoms with van der Waals surface area (Å²) in [4.78, 5) is 29.2. The number of hydrogen-bond donors (Lipinski definition) is 1. The first kappa shape index (κ1) is 20.6. The van der Waals surface area contributed by atoms with Crippen molar-refractivity contribution in [3.8, 4) is 16.3 Å². The molecule has 1 aromatic heterocycles. The van der Waals surface area contributed by atoms with E-state index in [2.05, 4.69) is 10.3 Å². The molecule has 8 heteroatoms. The lowest BCUT2D eigenvalue weighted by molar-refractivity contribution is -0.111. The van der Waals surface area contributed by atoms with Crippen molar-refractivity contribution in [1.29, 1.82) is 0 Å². The fraction of sp³-hybridized carbons (Fsp3) is 0.0952. The number of esters is 1. The van der Waals surface area contributed by atoms with Crippen LogP contribution in [0.1, 0.15) is 15.2 Å². The topological polar surface area (TPSA) is 77.5 Å². The molecule has 2 aromatic carbocycles. The number of para-hydroxylation sites is 1. The lowest BCUT2D eigenvalue weighted by Gasteiger charge is -2.07. The number of thiazole rings is 1. The average molecular weight is 429 g/mol. The second-order valence-corrected chi connectivity index (χ2v) is 7.24. The number of aromatic nitrogens is 1. The molecule has 1 N–H and O–H groups in total. The van der Waals surface area contributed by atoms with Crippen molar-refractivity contribution in [1.82, 2.24) is 4.98 Å². The molecule has 1 amide bonds. The Hall–Kier alpha value is -3.16. The predicted molar refractivity (Wildman–Crippen MR) is 115 cm³/mol. The average Bonchev–Trinajstić information content (AvgIpc) is 3.20. The standard InChI is InChI=1S/C21H17ClN2O4S/c1-27-13-7-9-15(17(22)11-13)20-23-12-14(29-20)8-10-19(25)24-18-6-4-3-5-16(18)21(26)28-2/h3-12H,1-2H3,(H,24,25). The summed E-state index contributed by atoms with van der Waals surface area (Å²) >= 11 is 7.69. The molecule has 0 spiro atoms. The zero-order valence-corrected chi connectivity index (χ0v) is 17.2. The van der Waals surface area contributed by atoms with Gasteiger partial charge in [0.2, 0.25) is 5.91 Å². The van der Waals surface area contributed by atoms with Crippen LogP contribution in [0.3, 0.4) is 0 Å². The summed E-state index contributed by atoms with van der Waals surface area (Å²) in [5.41, 5.74) is 1.45. The van der Waals surface area contributed by atoms with E-state index in [0.29, 0.717) is 16.5 Å². The molecular formula is C21H17ClN2O4S. The van der Waals surface area contributed by atoms with Crippen molar-refractivity contribution in [3.05, 3.63) is 70.2 Å². The highest BCUT2D eigenvalue weighted by Crippen LogP contribution is 2.34. The van der Waals surface area contributed by atoms with Crippen molar-refractivity contribution in [2.75, 3.05) is 19.5 Å². The minimum atomic E-state index is -0.520. The molecule has 0 atom stereocenters. The lowest BCUT2D eigenvalue weighted by atomic mass is 10.2. The maximum absolute atomic E-state index is 12.2. The van der Waals surface area contributed by atoms with Crippen molar-refractivity contribution >= 4 is 46.6 Å². The minimum absolute atomic E-state index is 0.283. The number of rotatable bonds is 6. The molecule has 0 unspecified atom stereocenters. The van der Waals surface area contributed by atoms with Gasteiger partial charge in [0.1, 0.15) is 10.8 Å². The number of ether oxygens (including phenoxy) is 2. The van der Waals surface area contributed by atoms with Gasteiger partial charge in [-0.3, -0.25) is 4.79 Å². The van der Waals surface area contributed by atoms with Crippen molar-refractivity contribution in [3.63, 3.8) is 0 Å². The fourth-order valence-corrected chi connectivity index (χ4v) is 3.67. The first-order chi connectivity index (χ1) is 14.0. The predicted octanol–water partition coefficient (Wildman–Crippen LogP) is 4.91. The van der Waals surface area contributed by atoms with E-state index in [0.717, 1.165) is 15.4 Å². The van der Waals surface area contributed by atoms with Crippen LogP contribution in [-0.2, 0) is 9.53 Å². The van der Waals surface area contributed by atoms with E-state index >= 15 is 0 Å². The van der Waals surface area contributed by atoms with Crippen LogP contribution in [-0.4, -0.2) is 31.1 Å². The molecule has 0 aliphatic rings. The Balaban J connectivity index is 1.72. The molecule has 0 saturated carbocycles. The van der Waals surface area contributed by atoms with Crippen molar-refractivity contribution in [2.24, 2.45) is 0 Å². The molecule has 3 rings (SSSR count). The maximum atomic E-state index is 12.2. The molecule has 0 saturated heterocycles. The van der Waals surface area contributed by atoms with E-state index in [-0.39, 0.29) is 11.5 Å². The Bertz CT molecular complexity index is 1080. The summed E-state index contributed by atoms with van der Waals surface area (Å²) in [6.45, 7) is 0. The molecule has 0 aliphatic carbocycles. The van der Waals surface area contributed by atoms with Crippen LogP contribution in [0.5, 0.6) is 5.75 Å². The highest BCUT2D eigenvalue weighted by Gasteiger charge is 2.12. The molecule has 0 aliphatic heterocycles. The summed E-state index contributed by atoms with van der Waals surface area (Å²) in [6, 6.07) is 12.0. The van der Waals surface area contributed by atoms with Gasteiger partial charge >= 0.3 is 5.97 Å². The molecule has 29 heavy (non-hydrogen) atoms. The Labute approximate surface area is 176 Å². The summed E-state index contributed by atoms with van der Waals surface area (Å²) in [5, 5.41) is 3.94. The molecular weight excluding hydrogens is 412 g/mol. The van der Waals surface area contributed by atoms with Gasteiger partial charge < -0.3 is 14.8 Å². The van der Waals surface area contributed by atoms with Gasteiger partial charge in [-0.2, -0.15) is 0 Å². The molecule has 6 nitrogen and oxygen atoms in total. The number of hydrogen-bond acceptors (Lipinski definition) is 6. The molecule has 0 fully saturated rings. The third-order valence-electron chi connectivity index (χ3n) is 3.92. The van der Waals surface area contributed by atoms with Crippen LogP contribution in [0.25, 0.3) is 16.6 Å². The van der Waals surface area contributed by atoms with E-state index in [1.165, 1.54) is 24.5 Å². The van der Waals surface area contributed by atoms with Crippen LogP contribution in [0.15, 0.2) is 54.7 Å². The van der Waals surface area contributed by atoms with Gasteiger partial charge in [0.05, 0.1) is 30.5 Å². The molecule has 3 aromatic rings. The zero-order valence-electron chi connectivity index (χ0n) is 15.6. The van der Waals surface area contributed by atoms with E-state index in [1.54, 1.807) is 49.7 Å². The van der Waals surface area contributed by atoms with Crippen LogP contribution >= 0.6 is 22.9 Å². The first-order valence-electron chi connectivity index (χ1n) is 8.48. The first-order valence-corrected chi connectivity index (χ1v) is 9.67. The Morgan fingerprint density at radius 3 is 2.69 bits per heavy atom. The van der Waals surface area contributed by atoms with E-state index in [9.17, 15) is 9.59 Å². The second kappa shape index (κ2) is 9.36. The van der Waals surface area contributed by atoms with Crippen molar-refractivity contribution in [2.45, 2.75) is 0 Å². The van der Waals surface area contributed by atoms with Crippen LogP contribution in [0.4, 0.5) is 5.69 Å². The second-order valence-electron chi connectivity index (χ2n) is 5.77. The number of nitrogens with one attached hydrogen (secondary N) is 1. The largest absolute Gasteiger partial charge is 0.497 e. The number of methoxy groups -OCH3 is 2. The monoisotopic (exact) mass is 428 g/mol. The van der Waals surface area contributed by atoms with Crippen LogP contribution in [0, 0.1) is 0 Å². The Morgan fingerprint density at radius 1 is 1.17 bits per heavy atom. The number of anilines is 1. The summed E-state index contributed by atoms with van der Waals surface area (Å²) in [7, 11) is 2.86. The lowest BCUT2D eigenvalue weighted by Crippen LogP contribution is -2.12. The van der Waals surface area contributed by atoms with E-state index in [4.69, 9.17) is 21.1 Å². The van der Waals surface area contributed by atoms with Gasteiger partial charge in [-0.1, -0.05) is 23.7 Å². The van der Waals surface area contributed by atoms with Gasteiger partial charge in [-0.05, 0) is 36.4 Å². The van der Waals surface area contributed by atoms with E-state index < -0.39 is 5.97 Å². The zero-order chi connectivity index (χ0) is 20.8. The molecule has 0 bridgehead atoms. The smallest absolute Gasteiger partial charge is 0.339 e. The number of benzene rings is 2. The number of halogens is 1. The van der Waals surface area contributed by atoms with Gasteiger partial charge in [-0.25, -0.2) is 9.78 Å². The van der Waals surface area contributed by atoms with Crippen LogP contribution in [0.2, 0.25) is 5.02 Å². The summed E-state index contributed by atoms with van der Waals surface area (Å²) < 4.78 is 9.87. The van der Waals surface area contributed by atoms with Gasteiger partial charge in [0.25, 0.3) is 0 Å². The Kier molecular flexibility index (Phi) is 6.64. The highest BCUT2D eigenvalue weighted by atomic mass is 35.5. The fourth-order valence-electron chi connectivity index (χ4n) is 2.50. The summed E-state index contributed by atoms with van der Waals surface area (Å²) in [6.07, 6.45) is 4.68. The number of amides is 1.